The van der Waals surface area contributed by atoms with Gasteiger partial charge in [0.15, 0.2) is 0 Å². The van der Waals surface area contributed by atoms with Crippen molar-refractivity contribution in [3.8, 4) is 11.5 Å². The van der Waals surface area contributed by atoms with E-state index in [4.69, 9.17) is 21.1 Å². The predicted molar refractivity (Wildman–Crippen MR) is 107 cm³/mol. The van der Waals surface area contributed by atoms with Gasteiger partial charge in [-0.1, -0.05) is 24.3 Å². The van der Waals surface area contributed by atoms with E-state index in [1.54, 1.807) is 18.2 Å². The molecule has 0 radical (unpaired) electrons. The van der Waals surface area contributed by atoms with Crippen molar-refractivity contribution in [2.75, 3.05) is 31.7 Å². The number of carbonyl (C=O) groups is 1. The molecule has 0 unspecified atom stereocenters. The number of halogens is 1. The number of nitrogens with zero attached hydrogens (tertiary/aromatic N) is 1. The fraction of sp³-hybridized carbons (Fsp3) is 0.211. The van der Waals surface area contributed by atoms with Crippen LogP contribution in [-0.2, 0) is 19.6 Å². The summed E-state index contributed by atoms with van der Waals surface area (Å²) in [6.07, 6.45) is 1.59. The summed E-state index contributed by atoms with van der Waals surface area (Å²) >= 11 is 6.06. The molecule has 0 amide bonds. The Morgan fingerprint density at radius 3 is 2.39 bits per heavy atom. The molecule has 28 heavy (non-hydrogen) atoms. The van der Waals surface area contributed by atoms with Gasteiger partial charge in [-0.3, -0.25) is 9.10 Å². The lowest BCUT2D eigenvalue weighted by molar-refractivity contribution is -0.138. The Morgan fingerprint density at radius 2 is 1.86 bits per heavy atom. The molecule has 0 spiro atoms. The van der Waals surface area contributed by atoms with Gasteiger partial charge in [-0.25, -0.2) is 8.42 Å². The monoisotopic (exact) mass is 425 g/mol. The second-order valence-corrected chi connectivity index (χ2v) is 7.75. The minimum Gasteiger partial charge on any atom is -0.495 e. The van der Waals surface area contributed by atoms with Gasteiger partial charge in [0.05, 0.1) is 29.8 Å². The minimum absolute atomic E-state index is 0.0887. The van der Waals surface area contributed by atoms with Crippen LogP contribution in [0.4, 0.5) is 5.69 Å². The maximum atomic E-state index is 13.2. The van der Waals surface area contributed by atoms with Crippen molar-refractivity contribution in [3.05, 3.63) is 60.1 Å². The number of hydrogen-bond donors (Lipinski definition) is 0. The molecule has 7 nitrogen and oxygen atoms in total. The zero-order chi connectivity index (χ0) is 20.7. The van der Waals surface area contributed by atoms with Crippen LogP contribution in [0.15, 0.2) is 60.0 Å². The highest BCUT2D eigenvalue weighted by atomic mass is 35.5. The average Bonchev–Trinajstić information content (AvgIpc) is 2.70. The smallest absolute Gasteiger partial charge is 0.326 e. The third kappa shape index (κ3) is 4.96. The molecule has 0 aliphatic heterocycles. The molecule has 0 saturated heterocycles. The first-order chi connectivity index (χ1) is 13.3. The van der Waals surface area contributed by atoms with Crippen molar-refractivity contribution >= 4 is 33.3 Å². The van der Waals surface area contributed by atoms with Crippen molar-refractivity contribution in [2.24, 2.45) is 0 Å². The van der Waals surface area contributed by atoms with E-state index in [2.05, 4.69) is 11.3 Å². The van der Waals surface area contributed by atoms with Gasteiger partial charge in [0.1, 0.15) is 24.7 Å². The van der Waals surface area contributed by atoms with E-state index in [1.807, 2.05) is 0 Å². The summed E-state index contributed by atoms with van der Waals surface area (Å²) < 4.78 is 42.4. The molecule has 150 valence electrons. The molecule has 0 aromatic heterocycles. The topological polar surface area (TPSA) is 82.1 Å². The molecular weight excluding hydrogens is 406 g/mol. The Morgan fingerprint density at radius 1 is 1.18 bits per heavy atom. The van der Waals surface area contributed by atoms with E-state index in [-0.39, 0.29) is 15.6 Å². The SMILES string of the molecule is C=CCOc1ccc(N(CC(=O)OC)S(=O)(=O)c2ccc(OC)c(Cl)c2)cc1. The van der Waals surface area contributed by atoms with Gasteiger partial charge in [-0.05, 0) is 42.5 Å². The van der Waals surface area contributed by atoms with Gasteiger partial charge >= 0.3 is 5.97 Å². The lowest BCUT2D eigenvalue weighted by Gasteiger charge is -2.24. The van der Waals surface area contributed by atoms with Crippen LogP contribution in [0.5, 0.6) is 11.5 Å². The lowest BCUT2D eigenvalue weighted by atomic mass is 10.3. The number of hydrogen-bond acceptors (Lipinski definition) is 6. The quantitative estimate of drug-likeness (QED) is 0.453. The number of esters is 1. The average molecular weight is 426 g/mol. The molecular formula is C19H20ClNO6S. The van der Waals surface area contributed by atoms with Crippen LogP contribution in [0.25, 0.3) is 0 Å². The summed E-state index contributed by atoms with van der Waals surface area (Å²) in [7, 11) is -1.49. The van der Waals surface area contributed by atoms with Crippen molar-refractivity contribution < 1.29 is 27.4 Å². The first-order valence-electron chi connectivity index (χ1n) is 8.10. The molecule has 0 aliphatic carbocycles. The van der Waals surface area contributed by atoms with Crippen molar-refractivity contribution in [1.82, 2.24) is 0 Å². The highest BCUT2D eigenvalue weighted by Crippen LogP contribution is 2.31. The van der Waals surface area contributed by atoms with Gasteiger partial charge in [0, 0.05) is 0 Å². The molecule has 0 saturated carbocycles. The third-order valence-corrected chi connectivity index (χ3v) is 5.77. The molecule has 0 atom stereocenters. The van der Waals surface area contributed by atoms with Crippen LogP contribution in [0.1, 0.15) is 0 Å². The second kappa shape index (κ2) is 9.48. The zero-order valence-electron chi connectivity index (χ0n) is 15.4. The molecule has 0 heterocycles. The highest BCUT2D eigenvalue weighted by Gasteiger charge is 2.28. The summed E-state index contributed by atoms with van der Waals surface area (Å²) in [5.74, 6) is 0.158. The third-order valence-electron chi connectivity index (χ3n) is 3.70. The Balaban J connectivity index is 2.45. The van der Waals surface area contributed by atoms with Crippen LogP contribution in [0, 0.1) is 0 Å². The van der Waals surface area contributed by atoms with E-state index in [0.29, 0.717) is 18.1 Å². The molecule has 0 N–H and O–H groups in total. The van der Waals surface area contributed by atoms with Gasteiger partial charge < -0.3 is 14.2 Å². The van der Waals surface area contributed by atoms with Gasteiger partial charge in [0.25, 0.3) is 10.0 Å². The Kier molecular flexibility index (Phi) is 7.31. The minimum atomic E-state index is -4.10. The summed E-state index contributed by atoms with van der Waals surface area (Å²) in [6.45, 7) is 3.37. The van der Waals surface area contributed by atoms with Crippen molar-refractivity contribution in [2.45, 2.75) is 4.90 Å². The second-order valence-electron chi connectivity index (χ2n) is 5.48. The van der Waals surface area contributed by atoms with E-state index in [9.17, 15) is 13.2 Å². The van der Waals surface area contributed by atoms with Crippen LogP contribution < -0.4 is 13.8 Å². The fourth-order valence-corrected chi connectivity index (χ4v) is 4.05. The van der Waals surface area contributed by atoms with Gasteiger partial charge in [0.2, 0.25) is 0 Å². The van der Waals surface area contributed by atoms with Crippen molar-refractivity contribution in [3.63, 3.8) is 0 Å². The normalized spacial score (nSPS) is 10.8. The van der Waals surface area contributed by atoms with E-state index < -0.39 is 22.5 Å². The van der Waals surface area contributed by atoms with E-state index >= 15 is 0 Å². The molecule has 9 heteroatoms. The summed E-state index contributed by atoms with van der Waals surface area (Å²) in [5.41, 5.74) is 0.267. The molecule has 2 aromatic rings. The van der Waals surface area contributed by atoms with Crippen LogP contribution in [-0.4, -0.2) is 41.8 Å². The molecule has 2 aromatic carbocycles. The Hall–Kier alpha value is -2.71. The number of anilines is 1. The van der Waals surface area contributed by atoms with Crippen LogP contribution in [0.2, 0.25) is 5.02 Å². The highest BCUT2D eigenvalue weighted by molar-refractivity contribution is 7.92. The van der Waals surface area contributed by atoms with Gasteiger partial charge in [-0.15, -0.1) is 0 Å². The molecule has 0 bridgehead atoms. The van der Waals surface area contributed by atoms with Crippen LogP contribution >= 0.6 is 11.6 Å². The lowest BCUT2D eigenvalue weighted by Crippen LogP contribution is -2.36. The summed E-state index contributed by atoms with van der Waals surface area (Å²) in [6, 6.07) is 10.3. The number of benzene rings is 2. The number of sulfonamides is 1. The number of rotatable bonds is 9. The van der Waals surface area contributed by atoms with Gasteiger partial charge in [-0.2, -0.15) is 0 Å². The Labute approximate surface area is 169 Å². The number of methoxy groups -OCH3 is 2. The Bertz CT molecular complexity index is 943. The zero-order valence-corrected chi connectivity index (χ0v) is 17.0. The summed E-state index contributed by atoms with van der Waals surface area (Å²) in [4.78, 5) is 11.8. The van der Waals surface area contributed by atoms with E-state index in [1.165, 1.54) is 44.6 Å². The first kappa shape index (κ1) is 21.6. The van der Waals surface area contributed by atoms with E-state index in [0.717, 1.165) is 4.31 Å². The summed E-state index contributed by atoms with van der Waals surface area (Å²) in [5, 5.41) is 0.134. The predicted octanol–water partition coefficient (Wildman–Crippen LogP) is 3.28. The largest absolute Gasteiger partial charge is 0.495 e. The maximum absolute atomic E-state index is 13.2. The molecule has 0 aliphatic rings. The first-order valence-corrected chi connectivity index (χ1v) is 9.92. The van der Waals surface area contributed by atoms with Crippen molar-refractivity contribution in [1.29, 1.82) is 0 Å². The number of carbonyl (C=O) groups excluding carboxylic acids is 1. The number of ether oxygens (including phenoxy) is 3. The standard InChI is InChI=1S/C19H20ClNO6S/c1-4-11-27-15-7-5-14(6-8-15)21(13-19(22)26-3)28(23,24)16-9-10-18(25-2)17(20)12-16/h4-10,12H,1,11,13H2,2-3H3. The van der Waals surface area contributed by atoms with Crippen LogP contribution in [0.3, 0.4) is 0 Å². The maximum Gasteiger partial charge on any atom is 0.326 e. The fourth-order valence-electron chi connectivity index (χ4n) is 2.30. The molecule has 0 fully saturated rings. The molecule has 2 rings (SSSR count).